The number of benzene rings is 2. The molecule has 0 radical (unpaired) electrons. The van der Waals surface area contributed by atoms with E-state index in [0.29, 0.717) is 11.4 Å². The first kappa shape index (κ1) is 17.8. The predicted octanol–water partition coefficient (Wildman–Crippen LogP) is 3.37. The highest BCUT2D eigenvalue weighted by Crippen LogP contribution is 2.28. The van der Waals surface area contributed by atoms with Crippen LogP contribution in [0.5, 0.6) is 0 Å². The zero-order valence-electron chi connectivity index (χ0n) is 14.0. The van der Waals surface area contributed by atoms with Gasteiger partial charge in [-0.1, -0.05) is 60.7 Å². The number of rotatable bonds is 5. The van der Waals surface area contributed by atoms with Crippen LogP contribution in [0.4, 0.5) is 0 Å². The summed E-state index contributed by atoms with van der Waals surface area (Å²) in [6.45, 7) is 1.94. The summed E-state index contributed by atoms with van der Waals surface area (Å²) in [5.41, 5.74) is 4.30. The molecule has 0 saturated carbocycles. The fourth-order valence-corrected chi connectivity index (χ4v) is 2.82. The van der Waals surface area contributed by atoms with Crippen LogP contribution in [0.3, 0.4) is 0 Å². The molecule has 0 aliphatic heterocycles. The van der Waals surface area contributed by atoms with Crippen molar-refractivity contribution in [3.8, 4) is 16.9 Å². The Bertz CT molecular complexity index is 924. The van der Waals surface area contributed by atoms with Gasteiger partial charge in [0, 0.05) is 5.56 Å². The summed E-state index contributed by atoms with van der Waals surface area (Å²) in [7, 11) is 0. The normalized spacial score (nSPS) is 10.4. The minimum atomic E-state index is -0.555. The molecule has 0 aliphatic rings. The van der Waals surface area contributed by atoms with Crippen molar-refractivity contribution in [3.05, 3.63) is 71.9 Å². The maximum atomic E-state index is 12.7. The Kier molecular flexibility index (Phi) is 5.40. The Morgan fingerprint density at radius 1 is 1.15 bits per heavy atom. The summed E-state index contributed by atoms with van der Waals surface area (Å²) < 4.78 is 6.74. The average Bonchev–Trinajstić information content (AvgIpc) is 3.09. The van der Waals surface area contributed by atoms with Crippen molar-refractivity contribution < 1.29 is 14.7 Å². The zero-order chi connectivity index (χ0) is 18.5. The first-order valence-corrected chi connectivity index (χ1v) is 8.43. The van der Waals surface area contributed by atoms with Gasteiger partial charge in [0.05, 0.1) is 12.3 Å². The smallest absolute Gasteiger partial charge is 0.342 e. The molecule has 0 saturated heterocycles. The SMILES string of the molecule is CCOC(=O)c1c(-c2ccccc2)nn(-c2ccccc2)c1C(=S)NO. The molecular formula is C19H17N3O3S. The Balaban J connectivity index is 2.32. The molecule has 0 amide bonds. The van der Waals surface area contributed by atoms with Gasteiger partial charge in [-0.05, 0) is 19.1 Å². The third-order valence-electron chi connectivity index (χ3n) is 3.73. The van der Waals surface area contributed by atoms with Gasteiger partial charge < -0.3 is 4.74 Å². The number of hydrogen-bond acceptors (Lipinski definition) is 5. The molecule has 1 aromatic heterocycles. The second-order valence-corrected chi connectivity index (χ2v) is 5.76. The number of nitrogens with one attached hydrogen (secondary N) is 1. The highest BCUT2D eigenvalue weighted by atomic mass is 32.1. The van der Waals surface area contributed by atoms with Crippen molar-refractivity contribution in [2.24, 2.45) is 0 Å². The van der Waals surface area contributed by atoms with Crippen LogP contribution in [0.2, 0.25) is 0 Å². The van der Waals surface area contributed by atoms with Gasteiger partial charge in [0.1, 0.15) is 21.9 Å². The number of hydrogen-bond donors (Lipinski definition) is 2. The molecule has 3 rings (SSSR count). The van der Waals surface area contributed by atoms with E-state index in [4.69, 9.17) is 17.0 Å². The number of carbonyl (C=O) groups excluding carboxylic acids is 1. The quantitative estimate of drug-likeness (QED) is 0.409. The first-order chi connectivity index (χ1) is 12.7. The Morgan fingerprint density at radius 2 is 1.77 bits per heavy atom. The standard InChI is InChI=1S/C19H17N3O3S/c1-2-25-19(23)15-16(13-9-5-3-6-10-13)20-22(17(15)18(26)21-24)14-11-7-4-8-12-14/h3-12,24H,2H2,1H3,(H,21,26). The lowest BCUT2D eigenvalue weighted by Gasteiger charge is -2.09. The van der Waals surface area contributed by atoms with Gasteiger partial charge in [0.25, 0.3) is 0 Å². The van der Waals surface area contributed by atoms with Crippen molar-refractivity contribution in [3.63, 3.8) is 0 Å². The highest BCUT2D eigenvalue weighted by Gasteiger charge is 2.28. The van der Waals surface area contributed by atoms with Crippen LogP contribution in [0.15, 0.2) is 60.7 Å². The van der Waals surface area contributed by atoms with Crippen LogP contribution in [-0.4, -0.2) is 32.6 Å². The zero-order valence-corrected chi connectivity index (χ0v) is 14.9. The second-order valence-electron chi connectivity index (χ2n) is 5.35. The van der Waals surface area contributed by atoms with E-state index in [1.54, 1.807) is 6.92 Å². The van der Waals surface area contributed by atoms with E-state index in [9.17, 15) is 10.0 Å². The van der Waals surface area contributed by atoms with E-state index in [0.717, 1.165) is 5.56 Å². The molecule has 7 heteroatoms. The van der Waals surface area contributed by atoms with Crippen molar-refractivity contribution in [2.45, 2.75) is 6.92 Å². The summed E-state index contributed by atoms with van der Waals surface area (Å²) in [6.07, 6.45) is 0. The van der Waals surface area contributed by atoms with Crippen LogP contribution in [0, 0.1) is 0 Å². The molecule has 0 atom stereocenters. The number of carbonyl (C=O) groups is 1. The molecule has 0 fully saturated rings. The minimum absolute atomic E-state index is 0.0217. The van der Waals surface area contributed by atoms with Gasteiger partial charge in [-0.15, -0.1) is 0 Å². The number of nitrogens with zero attached hydrogens (tertiary/aromatic N) is 2. The molecule has 3 aromatic rings. The molecule has 26 heavy (non-hydrogen) atoms. The Labute approximate surface area is 156 Å². The van der Waals surface area contributed by atoms with Gasteiger partial charge in [-0.3, -0.25) is 10.7 Å². The number of para-hydroxylation sites is 1. The van der Waals surface area contributed by atoms with Crippen LogP contribution in [-0.2, 0) is 4.74 Å². The summed E-state index contributed by atoms with van der Waals surface area (Å²) in [6, 6.07) is 18.5. The maximum absolute atomic E-state index is 12.7. The van der Waals surface area contributed by atoms with Gasteiger partial charge in [0.15, 0.2) is 0 Å². The maximum Gasteiger partial charge on any atom is 0.342 e. The van der Waals surface area contributed by atoms with E-state index >= 15 is 0 Å². The lowest BCUT2D eigenvalue weighted by Crippen LogP contribution is -2.24. The number of ether oxygens (including phenoxy) is 1. The molecule has 6 nitrogen and oxygen atoms in total. The van der Waals surface area contributed by atoms with Crippen molar-refractivity contribution in [2.75, 3.05) is 6.61 Å². The molecule has 0 unspecified atom stereocenters. The van der Waals surface area contributed by atoms with Gasteiger partial charge in [-0.25, -0.2) is 9.48 Å². The lowest BCUT2D eigenvalue weighted by atomic mass is 10.1. The predicted molar refractivity (Wildman–Crippen MR) is 102 cm³/mol. The van der Waals surface area contributed by atoms with Crippen molar-refractivity contribution in [1.29, 1.82) is 0 Å². The summed E-state index contributed by atoms with van der Waals surface area (Å²) in [5.74, 6) is -0.555. The topological polar surface area (TPSA) is 76.4 Å². The van der Waals surface area contributed by atoms with Gasteiger partial charge in [-0.2, -0.15) is 5.10 Å². The fraction of sp³-hybridized carbons (Fsp3) is 0.105. The first-order valence-electron chi connectivity index (χ1n) is 8.02. The highest BCUT2D eigenvalue weighted by molar-refractivity contribution is 7.80. The van der Waals surface area contributed by atoms with Crippen LogP contribution in [0.1, 0.15) is 23.0 Å². The van der Waals surface area contributed by atoms with Gasteiger partial charge in [0.2, 0.25) is 0 Å². The molecule has 1 heterocycles. The van der Waals surface area contributed by atoms with Crippen molar-refractivity contribution in [1.82, 2.24) is 15.3 Å². The molecule has 132 valence electrons. The van der Waals surface area contributed by atoms with Crippen LogP contribution in [0.25, 0.3) is 16.9 Å². The second kappa shape index (κ2) is 7.90. The molecule has 2 aromatic carbocycles. The van der Waals surface area contributed by atoms with Crippen LogP contribution < -0.4 is 5.48 Å². The third kappa shape index (κ3) is 3.35. The summed E-state index contributed by atoms with van der Waals surface area (Å²) >= 11 is 5.23. The third-order valence-corrected chi connectivity index (χ3v) is 4.01. The largest absolute Gasteiger partial charge is 0.462 e. The van der Waals surface area contributed by atoms with Crippen molar-refractivity contribution >= 4 is 23.2 Å². The average molecular weight is 367 g/mol. The minimum Gasteiger partial charge on any atom is -0.462 e. The molecule has 0 spiro atoms. The molecule has 0 aliphatic carbocycles. The van der Waals surface area contributed by atoms with Crippen LogP contribution >= 0.6 is 12.2 Å². The number of aromatic nitrogens is 2. The van der Waals surface area contributed by atoms with E-state index in [2.05, 4.69) is 5.10 Å². The Hall–Kier alpha value is -3.03. The Morgan fingerprint density at radius 3 is 2.35 bits per heavy atom. The molecule has 0 bridgehead atoms. The lowest BCUT2D eigenvalue weighted by molar-refractivity contribution is 0.0527. The number of thiocarbonyl (C=S) groups is 1. The fourth-order valence-electron chi connectivity index (χ4n) is 2.63. The number of hydroxylamine groups is 1. The summed E-state index contributed by atoms with van der Waals surface area (Å²) in [4.78, 5) is 12.7. The van der Waals surface area contributed by atoms with Gasteiger partial charge >= 0.3 is 5.97 Å². The van der Waals surface area contributed by atoms with E-state index in [-0.39, 0.29) is 22.9 Å². The molecular weight excluding hydrogens is 350 g/mol. The van der Waals surface area contributed by atoms with E-state index in [1.807, 2.05) is 66.1 Å². The number of esters is 1. The molecule has 2 N–H and O–H groups in total. The monoisotopic (exact) mass is 367 g/mol. The van der Waals surface area contributed by atoms with E-state index in [1.165, 1.54) is 4.68 Å². The van der Waals surface area contributed by atoms with E-state index < -0.39 is 5.97 Å². The summed E-state index contributed by atoms with van der Waals surface area (Å²) in [5, 5.41) is 14.0.